The minimum absolute atomic E-state index is 0.617. The maximum absolute atomic E-state index is 5.78. The fraction of sp³-hybridized carbons (Fsp3) is 0. The molecule has 0 atom stereocenters. The highest BCUT2D eigenvalue weighted by atomic mass is 32.1. The lowest BCUT2D eigenvalue weighted by Crippen LogP contribution is -1.82. The van der Waals surface area contributed by atoms with Crippen molar-refractivity contribution in [3.8, 4) is 10.9 Å². The number of aromatic nitrogens is 2. The molecule has 0 spiro atoms. The summed E-state index contributed by atoms with van der Waals surface area (Å²) in [5, 5.41) is 1.63. The Bertz CT molecular complexity index is 833. The molecule has 1 aromatic carbocycles. The molecule has 19 heavy (non-hydrogen) atoms. The quantitative estimate of drug-likeness (QED) is 0.546. The Morgan fingerprint density at radius 2 is 2.16 bits per heavy atom. The first kappa shape index (κ1) is 10.5. The monoisotopic (exact) mass is 268 g/mol. The number of pyridine rings is 1. The molecule has 5 heteroatoms. The van der Waals surface area contributed by atoms with Gasteiger partial charge in [0, 0.05) is 11.6 Å². The Balaban J connectivity index is 1.72. The van der Waals surface area contributed by atoms with Gasteiger partial charge in [-0.1, -0.05) is 11.3 Å². The lowest BCUT2D eigenvalue weighted by atomic mass is 10.2. The summed E-state index contributed by atoms with van der Waals surface area (Å²) < 4.78 is 12.1. The van der Waals surface area contributed by atoms with E-state index in [0.29, 0.717) is 5.19 Å². The van der Waals surface area contributed by atoms with E-state index >= 15 is 0 Å². The second-order valence-electron chi connectivity index (χ2n) is 4.05. The molecule has 0 bridgehead atoms. The van der Waals surface area contributed by atoms with E-state index in [-0.39, 0.29) is 0 Å². The molecule has 3 heterocycles. The number of ether oxygens (including phenoxy) is 1. The highest BCUT2D eigenvalue weighted by Gasteiger charge is 2.06. The van der Waals surface area contributed by atoms with Crippen LogP contribution < -0.4 is 4.74 Å². The van der Waals surface area contributed by atoms with Crippen LogP contribution in [0.25, 0.3) is 21.2 Å². The van der Waals surface area contributed by atoms with Crippen LogP contribution in [0.2, 0.25) is 0 Å². The van der Waals surface area contributed by atoms with Crippen LogP contribution in [-0.4, -0.2) is 9.97 Å². The number of benzene rings is 1. The second-order valence-corrected chi connectivity index (χ2v) is 5.04. The molecule has 0 aliphatic carbocycles. The van der Waals surface area contributed by atoms with Crippen molar-refractivity contribution < 1.29 is 9.15 Å². The van der Waals surface area contributed by atoms with Crippen molar-refractivity contribution in [3.05, 3.63) is 49.0 Å². The van der Waals surface area contributed by atoms with Crippen molar-refractivity contribution in [1.29, 1.82) is 0 Å². The highest BCUT2D eigenvalue weighted by Crippen LogP contribution is 2.32. The lowest BCUT2D eigenvalue weighted by Gasteiger charge is -2.00. The van der Waals surface area contributed by atoms with Gasteiger partial charge < -0.3 is 9.15 Å². The zero-order valence-corrected chi connectivity index (χ0v) is 10.6. The molecule has 0 N–H and O–H groups in total. The molecule has 0 saturated carbocycles. The molecule has 0 saturated heterocycles. The molecule has 0 radical (unpaired) electrons. The van der Waals surface area contributed by atoms with Gasteiger partial charge in [-0.25, -0.2) is 4.98 Å². The number of fused-ring (bicyclic) bond motifs is 2. The number of thiazole rings is 1. The average Bonchev–Trinajstić information content (AvgIpc) is 3.03. The van der Waals surface area contributed by atoms with E-state index in [2.05, 4.69) is 9.97 Å². The van der Waals surface area contributed by atoms with Crippen molar-refractivity contribution in [1.82, 2.24) is 9.97 Å². The molecular weight excluding hydrogens is 260 g/mol. The van der Waals surface area contributed by atoms with Crippen LogP contribution in [0, 0.1) is 0 Å². The van der Waals surface area contributed by atoms with Crippen molar-refractivity contribution in [3.63, 3.8) is 0 Å². The first-order valence-electron chi connectivity index (χ1n) is 5.74. The third-order valence-electron chi connectivity index (χ3n) is 2.80. The van der Waals surface area contributed by atoms with E-state index in [0.717, 1.165) is 26.9 Å². The summed E-state index contributed by atoms with van der Waals surface area (Å²) in [5.41, 5.74) is 1.70. The summed E-state index contributed by atoms with van der Waals surface area (Å²) in [7, 11) is 0. The average molecular weight is 268 g/mol. The van der Waals surface area contributed by atoms with Gasteiger partial charge in [-0.3, -0.25) is 4.98 Å². The van der Waals surface area contributed by atoms with E-state index < -0.39 is 0 Å². The second kappa shape index (κ2) is 4.07. The number of hydrogen-bond donors (Lipinski definition) is 0. The summed E-state index contributed by atoms with van der Waals surface area (Å²) in [6.07, 6.45) is 5.15. The van der Waals surface area contributed by atoms with Gasteiger partial charge in [0.1, 0.15) is 16.8 Å². The maximum Gasteiger partial charge on any atom is 0.279 e. The fourth-order valence-corrected chi connectivity index (χ4v) is 2.71. The predicted molar refractivity (Wildman–Crippen MR) is 73.7 cm³/mol. The molecule has 0 amide bonds. The van der Waals surface area contributed by atoms with Crippen molar-refractivity contribution >= 4 is 32.5 Å². The molecule has 0 aliphatic heterocycles. The molecule has 0 aliphatic rings. The molecule has 4 rings (SSSR count). The van der Waals surface area contributed by atoms with Crippen molar-refractivity contribution in [2.24, 2.45) is 0 Å². The first-order chi connectivity index (χ1) is 9.38. The summed E-state index contributed by atoms with van der Waals surface area (Å²) in [4.78, 5) is 8.43. The fourth-order valence-electron chi connectivity index (χ4n) is 1.91. The number of rotatable bonds is 2. The van der Waals surface area contributed by atoms with Crippen LogP contribution >= 0.6 is 11.3 Å². The van der Waals surface area contributed by atoms with E-state index in [9.17, 15) is 0 Å². The van der Waals surface area contributed by atoms with Gasteiger partial charge in [-0.15, -0.1) is 0 Å². The molecular formula is C14H8N2O2S. The molecule has 92 valence electrons. The third-order valence-corrected chi connectivity index (χ3v) is 3.71. The molecule has 4 nitrogen and oxygen atoms in total. The van der Waals surface area contributed by atoms with E-state index in [1.807, 2.05) is 30.3 Å². The summed E-state index contributed by atoms with van der Waals surface area (Å²) in [5.74, 6) is 0.751. The standard InChI is InChI=1S/C14H8N2O2S/c1-2-12-9(4-6-17-12)7-10(1)18-14-16-11-8-15-5-3-13(11)19-14/h1-8H. The largest absolute Gasteiger partial charge is 0.464 e. The third kappa shape index (κ3) is 1.84. The summed E-state index contributed by atoms with van der Waals surface area (Å²) in [6.45, 7) is 0. The molecule has 0 unspecified atom stereocenters. The smallest absolute Gasteiger partial charge is 0.279 e. The van der Waals surface area contributed by atoms with Gasteiger partial charge in [0.05, 0.1) is 17.2 Å². The predicted octanol–water partition coefficient (Wildman–Crippen LogP) is 4.23. The summed E-state index contributed by atoms with van der Waals surface area (Å²) >= 11 is 1.50. The topological polar surface area (TPSA) is 48.2 Å². The minimum atomic E-state index is 0.617. The van der Waals surface area contributed by atoms with Gasteiger partial charge in [0.2, 0.25) is 0 Å². The Kier molecular flexibility index (Phi) is 2.25. The number of hydrogen-bond acceptors (Lipinski definition) is 5. The van der Waals surface area contributed by atoms with Crippen LogP contribution in [0.15, 0.2) is 53.4 Å². The molecule has 4 aromatic rings. The lowest BCUT2D eigenvalue weighted by molar-refractivity contribution is 0.480. The maximum atomic E-state index is 5.78. The van der Waals surface area contributed by atoms with Gasteiger partial charge in [-0.2, -0.15) is 0 Å². The Labute approximate surface area is 112 Å². The van der Waals surface area contributed by atoms with Gasteiger partial charge >= 0.3 is 0 Å². The number of furan rings is 1. The van der Waals surface area contributed by atoms with Gasteiger partial charge in [0.15, 0.2) is 0 Å². The Morgan fingerprint density at radius 1 is 1.16 bits per heavy atom. The molecule has 0 fully saturated rings. The zero-order valence-electron chi connectivity index (χ0n) is 9.74. The van der Waals surface area contributed by atoms with Gasteiger partial charge in [0.25, 0.3) is 5.19 Å². The first-order valence-corrected chi connectivity index (χ1v) is 6.56. The Morgan fingerprint density at radius 3 is 3.11 bits per heavy atom. The highest BCUT2D eigenvalue weighted by molar-refractivity contribution is 7.20. The SMILES string of the molecule is c1cc2sc(Oc3ccc4occc4c3)nc2cn1. The minimum Gasteiger partial charge on any atom is -0.464 e. The van der Waals surface area contributed by atoms with Crippen molar-refractivity contribution in [2.45, 2.75) is 0 Å². The molecule has 3 aromatic heterocycles. The van der Waals surface area contributed by atoms with Crippen molar-refractivity contribution in [2.75, 3.05) is 0 Å². The van der Waals surface area contributed by atoms with E-state index in [1.165, 1.54) is 11.3 Å². The van der Waals surface area contributed by atoms with Crippen LogP contribution in [-0.2, 0) is 0 Å². The van der Waals surface area contributed by atoms with Crippen LogP contribution in [0.5, 0.6) is 10.9 Å². The van der Waals surface area contributed by atoms with Gasteiger partial charge in [-0.05, 0) is 30.3 Å². The van der Waals surface area contributed by atoms with Crippen LogP contribution in [0.4, 0.5) is 0 Å². The summed E-state index contributed by atoms with van der Waals surface area (Å²) in [6, 6.07) is 9.53. The normalized spacial score (nSPS) is 11.2. The van der Waals surface area contributed by atoms with Crippen LogP contribution in [0.1, 0.15) is 0 Å². The zero-order chi connectivity index (χ0) is 12.7. The van der Waals surface area contributed by atoms with E-state index in [1.54, 1.807) is 18.7 Å². The Hall–Kier alpha value is -2.40. The van der Waals surface area contributed by atoms with E-state index in [4.69, 9.17) is 9.15 Å². The number of nitrogens with zero attached hydrogens (tertiary/aromatic N) is 2. The van der Waals surface area contributed by atoms with Crippen LogP contribution in [0.3, 0.4) is 0 Å².